The summed E-state index contributed by atoms with van der Waals surface area (Å²) in [6.45, 7) is 7.33. The summed E-state index contributed by atoms with van der Waals surface area (Å²) >= 11 is 0. The Bertz CT molecular complexity index is 629. The van der Waals surface area contributed by atoms with Crippen LogP contribution in [0.15, 0.2) is 0 Å². The van der Waals surface area contributed by atoms with E-state index < -0.39 is 60.4 Å². The van der Waals surface area contributed by atoms with E-state index in [1.165, 1.54) is 34.6 Å². The summed E-state index contributed by atoms with van der Waals surface area (Å²) in [5.74, 6) is -3.82. The van der Waals surface area contributed by atoms with E-state index in [9.17, 15) is 24.0 Å². The van der Waals surface area contributed by atoms with Crippen LogP contribution in [0, 0.1) is 0 Å². The van der Waals surface area contributed by atoms with Gasteiger partial charge in [-0.15, -0.1) is 0 Å². The summed E-state index contributed by atoms with van der Waals surface area (Å²) in [5.41, 5.74) is 0. The molecule has 178 valence electrons. The topological polar surface area (TPSA) is 163 Å². The molecule has 0 saturated carbocycles. The van der Waals surface area contributed by atoms with Gasteiger partial charge in [0.25, 0.3) is 0 Å². The molecule has 0 aliphatic rings. The van der Waals surface area contributed by atoms with Crippen molar-refractivity contribution in [3.63, 3.8) is 0 Å². The molecule has 0 aromatic heterocycles. The van der Waals surface area contributed by atoms with E-state index in [1.54, 1.807) is 0 Å². The van der Waals surface area contributed by atoms with E-state index in [4.69, 9.17) is 29.2 Å². The standard InChI is InChI=1S/C20H32O11/c1-11(21)6-17(24)29-13(3)8-19(26)31-15(5)10-20(27)30-14(4)9-18(25)28-12(2)7-16(22)23/h11-15,21H,6-10H2,1-5H3,(H,22,23). The fourth-order valence-electron chi connectivity index (χ4n) is 2.45. The largest absolute Gasteiger partial charge is 0.481 e. The SMILES string of the molecule is CC(O)CC(=O)OC(C)CC(=O)OC(C)CC(=O)OC(C)CC(=O)OC(C)CC(=O)O. The average molecular weight is 448 g/mol. The zero-order chi connectivity index (χ0) is 24.1. The van der Waals surface area contributed by atoms with Crippen LogP contribution in [0.3, 0.4) is 0 Å². The van der Waals surface area contributed by atoms with Gasteiger partial charge in [0.1, 0.15) is 24.4 Å². The molecule has 5 unspecified atom stereocenters. The van der Waals surface area contributed by atoms with Crippen molar-refractivity contribution in [3.8, 4) is 0 Å². The molecular weight excluding hydrogens is 416 g/mol. The minimum Gasteiger partial charge on any atom is -0.481 e. The van der Waals surface area contributed by atoms with E-state index in [0.717, 1.165) is 0 Å². The summed E-state index contributed by atoms with van der Waals surface area (Å²) in [6.07, 6.45) is -5.28. The lowest BCUT2D eigenvalue weighted by Crippen LogP contribution is -2.27. The molecule has 0 amide bonds. The average Bonchev–Trinajstić information content (AvgIpc) is 2.50. The van der Waals surface area contributed by atoms with E-state index >= 15 is 0 Å². The number of hydrogen-bond acceptors (Lipinski definition) is 10. The van der Waals surface area contributed by atoms with Gasteiger partial charge in [0.15, 0.2) is 0 Å². The Morgan fingerprint density at radius 1 is 0.548 bits per heavy atom. The molecule has 5 atom stereocenters. The number of aliphatic hydroxyl groups excluding tert-OH is 1. The molecule has 0 aliphatic heterocycles. The number of carbonyl (C=O) groups is 5. The van der Waals surface area contributed by atoms with Crippen molar-refractivity contribution in [1.82, 2.24) is 0 Å². The van der Waals surface area contributed by atoms with Gasteiger partial charge in [-0.1, -0.05) is 0 Å². The summed E-state index contributed by atoms with van der Waals surface area (Å²) in [5, 5.41) is 17.8. The monoisotopic (exact) mass is 448 g/mol. The number of carboxylic acids is 1. The second-order valence-corrected chi connectivity index (χ2v) is 7.47. The Morgan fingerprint density at radius 2 is 0.806 bits per heavy atom. The van der Waals surface area contributed by atoms with Crippen LogP contribution in [0.25, 0.3) is 0 Å². The fraction of sp³-hybridized carbons (Fsp3) is 0.750. The van der Waals surface area contributed by atoms with Gasteiger partial charge in [-0.25, -0.2) is 0 Å². The lowest BCUT2D eigenvalue weighted by Gasteiger charge is -2.18. The van der Waals surface area contributed by atoms with Crippen molar-refractivity contribution in [1.29, 1.82) is 0 Å². The second kappa shape index (κ2) is 14.3. The zero-order valence-electron chi connectivity index (χ0n) is 18.5. The first-order valence-electron chi connectivity index (χ1n) is 9.96. The molecule has 0 aromatic rings. The third-order valence-corrected chi connectivity index (χ3v) is 3.62. The molecule has 0 rings (SSSR count). The second-order valence-electron chi connectivity index (χ2n) is 7.47. The zero-order valence-corrected chi connectivity index (χ0v) is 18.5. The predicted molar refractivity (Wildman–Crippen MR) is 105 cm³/mol. The highest BCUT2D eigenvalue weighted by Crippen LogP contribution is 2.10. The van der Waals surface area contributed by atoms with Crippen molar-refractivity contribution >= 4 is 29.8 Å². The maximum Gasteiger partial charge on any atom is 0.309 e. The van der Waals surface area contributed by atoms with Gasteiger partial charge in [0.05, 0.1) is 38.2 Å². The first-order valence-corrected chi connectivity index (χ1v) is 9.96. The minimum atomic E-state index is -1.10. The molecule has 0 aliphatic carbocycles. The Labute approximate surface area is 181 Å². The highest BCUT2D eigenvalue weighted by atomic mass is 16.6. The van der Waals surface area contributed by atoms with E-state index in [0.29, 0.717) is 0 Å². The Hall–Kier alpha value is -2.69. The number of aliphatic hydroxyl groups is 1. The van der Waals surface area contributed by atoms with Crippen molar-refractivity contribution in [3.05, 3.63) is 0 Å². The lowest BCUT2D eigenvalue weighted by molar-refractivity contribution is -0.160. The minimum absolute atomic E-state index is 0.189. The van der Waals surface area contributed by atoms with Crippen LogP contribution >= 0.6 is 0 Å². The van der Waals surface area contributed by atoms with E-state index in [1.807, 2.05) is 0 Å². The Kier molecular flexibility index (Phi) is 13.1. The molecule has 11 heteroatoms. The Morgan fingerprint density at radius 3 is 1.06 bits per heavy atom. The molecule has 0 bridgehead atoms. The first kappa shape index (κ1) is 28.3. The smallest absolute Gasteiger partial charge is 0.309 e. The third-order valence-electron chi connectivity index (χ3n) is 3.62. The highest BCUT2D eigenvalue weighted by molar-refractivity contribution is 5.75. The maximum absolute atomic E-state index is 11.9. The Balaban J connectivity index is 4.24. The van der Waals surface area contributed by atoms with Crippen LogP contribution in [0.2, 0.25) is 0 Å². The lowest BCUT2D eigenvalue weighted by atomic mass is 10.2. The number of esters is 4. The van der Waals surface area contributed by atoms with Crippen molar-refractivity contribution in [2.45, 2.75) is 97.2 Å². The van der Waals surface area contributed by atoms with Gasteiger partial charge in [-0.2, -0.15) is 0 Å². The van der Waals surface area contributed by atoms with Gasteiger partial charge in [0.2, 0.25) is 0 Å². The molecule has 0 radical (unpaired) electrons. The number of aliphatic carboxylic acids is 1. The van der Waals surface area contributed by atoms with Crippen LogP contribution < -0.4 is 0 Å². The van der Waals surface area contributed by atoms with E-state index in [2.05, 4.69) is 0 Å². The molecule has 0 spiro atoms. The van der Waals surface area contributed by atoms with Gasteiger partial charge >= 0.3 is 29.8 Å². The summed E-state index contributed by atoms with van der Waals surface area (Å²) in [4.78, 5) is 57.5. The van der Waals surface area contributed by atoms with Crippen LogP contribution in [0.4, 0.5) is 0 Å². The fourth-order valence-corrected chi connectivity index (χ4v) is 2.45. The van der Waals surface area contributed by atoms with Crippen molar-refractivity contribution in [2.24, 2.45) is 0 Å². The van der Waals surface area contributed by atoms with Gasteiger partial charge in [0, 0.05) is 0 Å². The van der Waals surface area contributed by atoms with Crippen LogP contribution in [-0.4, -0.2) is 70.6 Å². The maximum atomic E-state index is 11.9. The summed E-state index contributed by atoms with van der Waals surface area (Å²) in [6, 6.07) is 0. The number of carbonyl (C=O) groups excluding carboxylic acids is 4. The molecule has 0 heterocycles. The van der Waals surface area contributed by atoms with Crippen LogP contribution in [-0.2, 0) is 42.9 Å². The van der Waals surface area contributed by atoms with Gasteiger partial charge < -0.3 is 29.2 Å². The molecule has 11 nitrogen and oxygen atoms in total. The van der Waals surface area contributed by atoms with Crippen LogP contribution in [0.5, 0.6) is 0 Å². The van der Waals surface area contributed by atoms with Crippen molar-refractivity contribution in [2.75, 3.05) is 0 Å². The van der Waals surface area contributed by atoms with Crippen LogP contribution in [0.1, 0.15) is 66.7 Å². The van der Waals surface area contributed by atoms with Crippen molar-refractivity contribution < 1.29 is 53.1 Å². The summed E-state index contributed by atoms with van der Waals surface area (Å²) < 4.78 is 20.0. The normalized spacial score (nSPS) is 15.5. The first-order chi connectivity index (χ1) is 14.3. The molecule has 2 N–H and O–H groups in total. The highest BCUT2D eigenvalue weighted by Gasteiger charge is 2.22. The predicted octanol–water partition coefficient (Wildman–Crippen LogP) is 1.13. The molecule has 0 fully saturated rings. The third kappa shape index (κ3) is 15.8. The van der Waals surface area contributed by atoms with Gasteiger partial charge in [-0.3, -0.25) is 24.0 Å². The number of carboxylic acid groups (broad SMARTS) is 1. The molecular formula is C20H32O11. The van der Waals surface area contributed by atoms with E-state index in [-0.39, 0.29) is 32.1 Å². The molecule has 31 heavy (non-hydrogen) atoms. The summed E-state index contributed by atoms with van der Waals surface area (Å²) in [7, 11) is 0. The molecule has 0 aromatic carbocycles. The number of rotatable bonds is 14. The van der Waals surface area contributed by atoms with Gasteiger partial charge in [-0.05, 0) is 34.6 Å². The number of hydrogen-bond donors (Lipinski definition) is 2. The number of ether oxygens (including phenoxy) is 4. The quantitative estimate of drug-likeness (QED) is 0.289. The molecule has 0 saturated heterocycles.